The average molecular weight is 371 g/mol. The number of carboxylic acids is 1. The molecule has 0 spiro atoms. The Hall–Kier alpha value is -2.82. The Balaban J connectivity index is 0.00000176. The average Bonchev–Trinajstić information content (AvgIpc) is 2.65. The van der Waals surface area contributed by atoms with Crippen LogP contribution in [0, 0.1) is 6.92 Å². The van der Waals surface area contributed by atoms with Gasteiger partial charge in [-0.2, -0.15) is 0 Å². The van der Waals surface area contributed by atoms with Crippen LogP contribution in [0.1, 0.15) is 49.2 Å². The molecule has 146 valence electrons. The van der Waals surface area contributed by atoms with Gasteiger partial charge in [0.25, 0.3) is 5.91 Å². The van der Waals surface area contributed by atoms with E-state index in [1.54, 1.807) is 24.3 Å². The summed E-state index contributed by atoms with van der Waals surface area (Å²) in [7, 11) is 0. The van der Waals surface area contributed by atoms with Crippen LogP contribution in [-0.4, -0.2) is 29.1 Å². The molecule has 0 aromatic heterocycles. The van der Waals surface area contributed by atoms with Crippen LogP contribution in [0.3, 0.4) is 0 Å². The molecule has 0 aliphatic carbocycles. The van der Waals surface area contributed by atoms with Crippen LogP contribution in [-0.2, 0) is 11.2 Å². The topological polar surface area (TPSA) is 75.6 Å². The molecule has 1 amide bonds. The zero-order chi connectivity index (χ0) is 20.4. The molecule has 2 N–H and O–H groups in total. The second kappa shape index (κ2) is 10.4. The Kier molecular flexibility index (Phi) is 8.52. The summed E-state index contributed by atoms with van der Waals surface area (Å²) >= 11 is 0. The second-order valence-electron chi connectivity index (χ2n) is 6.43. The molecule has 2 aromatic carbocycles. The molecule has 0 saturated carbocycles. The monoisotopic (exact) mass is 371 g/mol. The number of nitrogens with one attached hydrogen (secondary N) is 1. The van der Waals surface area contributed by atoms with Gasteiger partial charge in [0.05, 0.1) is 0 Å². The van der Waals surface area contributed by atoms with E-state index in [9.17, 15) is 9.59 Å². The van der Waals surface area contributed by atoms with Gasteiger partial charge in [-0.05, 0) is 57.0 Å². The maximum absolute atomic E-state index is 12.0. The van der Waals surface area contributed by atoms with Gasteiger partial charge >= 0.3 is 5.97 Å². The molecule has 5 heteroatoms. The highest BCUT2D eigenvalue weighted by Crippen LogP contribution is 2.19. The summed E-state index contributed by atoms with van der Waals surface area (Å²) in [5.74, 6) is -0.613. The fourth-order valence-corrected chi connectivity index (χ4v) is 2.19. The first-order valence-corrected chi connectivity index (χ1v) is 9.14. The number of rotatable bonds is 7. The Labute approximate surface area is 161 Å². The van der Waals surface area contributed by atoms with E-state index in [2.05, 4.69) is 5.32 Å². The van der Waals surface area contributed by atoms with Crippen molar-refractivity contribution in [2.75, 3.05) is 6.54 Å². The Bertz CT molecular complexity index is 734. The fourth-order valence-electron chi connectivity index (χ4n) is 2.19. The molecule has 0 aliphatic rings. The zero-order valence-corrected chi connectivity index (χ0v) is 16.7. The van der Waals surface area contributed by atoms with E-state index < -0.39 is 11.6 Å². The largest absolute Gasteiger partial charge is 0.478 e. The SMILES string of the molecule is CC.Cc1ccc(C(=O)NCCc2ccc(OC(C)(C)C(=O)O)cc2)cc1. The van der Waals surface area contributed by atoms with E-state index >= 15 is 0 Å². The normalized spacial score (nSPS) is 10.4. The fraction of sp³-hybridized carbons (Fsp3) is 0.364. The lowest BCUT2D eigenvalue weighted by molar-refractivity contribution is -0.152. The van der Waals surface area contributed by atoms with Crippen LogP contribution in [0.2, 0.25) is 0 Å². The van der Waals surface area contributed by atoms with Crippen molar-refractivity contribution in [1.82, 2.24) is 5.32 Å². The first-order chi connectivity index (χ1) is 12.8. The van der Waals surface area contributed by atoms with Gasteiger partial charge in [0.2, 0.25) is 0 Å². The number of ether oxygens (including phenoxy) is 1. The molecule has 0 aliphatic heterocycles. The van der Waals surface area contributed by atoms with Crippen molar-refractivity contribution in [3.63, 3.8) is 0 Å². The van der Waals surface area contributed by atoms with Crippen LogP contribution in [0.15, 0.2) is 48.5 Å². The quantitative estimate of drug-likeness (QED) is 0.763. The summed E-state index contributed by atoms with van der Waals surface area (Å²) in [6.07, 6.45) is 0.681. The number of carbonyl (C=O) groups is 2. The number of aliphatic carboxylic acids is 1. The number of carboxylic acid groups (broad SMARTS) is 1. The van der Waals surface area contributed by atoms with E-state index in [1.807, 2.05) is 45.0 Å². The van der Waals surface area contributed by atoms with Gasteiger partial charge in [0, 0.05) is 12.1 Å². The van der Waals surface area contributed by atoms with E-state index in [-0.39, 0.29) is 5.91 Å². The summed E-state index contributed by atoms with van der Waals surface area (Å²) in [4.78, 5) is 23.1. The minimum atomic E-state index is -1.27. The van der Waals surface area contributed by atoms with Crippen LogP contribution in [0.5, 0.6) is 5.75 Å². The molecule has 0 bridgehead atoms. The van der Waals surface area contributed by atoms with E-state index in [0.717, 1.165) is 11.1 Å². The molecule has 2 aromatic rings. The van der Waals surface area contributed by atoms with E-state index in [0.29, 0.717) is 24.3 Å². The van der Waals surface area contributed by atoms with Gasteiger partial charge in [-0.15, -0.1) is 0 Å². The summed E-state index contributed by atoms with van der Waals surface area (Å²) < 4.78 is 5.46. The predicted molar refractivity (Wildman–Crippen MR) is 107 cm³/mol. The highest BCUT2D eigenvalue weighted by molar-refractivity contribution is 5.94. The first kappa shape index (κ1) is 22.2. The van der Waals surface area contributed by atoms with E-state index in [4.69, 9.17) is 9.84 Å². The highest BCUT2D eigenvalue weighted by atomic mass is 16.5. The molecule has 5 nitrogen and oxygen atoms in total. The molecule has 0 saturated heterocycles. The third-order valence-electron chi connectivity index (χ3n) is 3.82. The lowest BCUT2D eigenvalue weighted by Gasteiger charge is -2.21. The zero-order valence-electron chi connectivity index (χ0n) is 16.7. The predicted octanol–water partition coefficient (Wildman–Crippen LogP) is 4.24. The van der Waals surface area contributed by atoms with Crippen molar-refractivity contribution in [2.45, 2.75) is 46.6 Å². The third-order valence-corrected chi connectivity index (χ3v) is 3.82. The summed E-state index contributed by atoms with van der Waals surface area (Å²) in [6.45, 7) is 9.51. The van der Waals surface area contributed by atoms with Crippen molar-refractivity contribution in [3.05, 3.63) is 65.2 Å². The Morgan fingerprint density at radius 2 is 1.56 bits per heavy atom. The van der Waals surface area contributed by atoms with E-state index in [1.165, 1.54) is 13.8 Å². The molecule has 27 heavy (non-hydrogen) atoms. The number of amides is 1. The van der Waals surface area contributed by atoms with Crippen molar-refractivity contribution < 1.29 is 19.4 Å². The maximum Gasteiger partial charge on any atom is 0.347 e. The summed E-state index contributed by atoms with van der Waals surface area (Å²) in [5, 5.41) is 12.0. The summed E-state index contributed by atoms with van der Waals surface area (Å²) in [6, 6.07) is 14.6. The van der Waals surface area contributed by atoms with Gasteiger partial charge in [-0.3, -0.25) is 4.79 Å². The highest BCUT2D eigenvalue weighted by Gasteiger charge is 2.29. The molecule has 0 radical (unpaired) electrons. The molecule has 0 fully saturated rings. The maximum atomic E-state index is 12.0. The van der Waals surface area contributed by atoms with Crippen LogP contribution >= 0.6 is 0 Å². The number of carbonyl (C=O) groups excluding carboxylic acids is 1. The van der Waals surface area contributed by atoms with Crippen molar-refractivity contribution in [1.29, 1.82) is 0 Å². The third kappa shape index (κ3) is 7.13. The van der Waals surface area contributed by atoms with Crippen molar-refractivity contribution >= 4 is 11.9 Å². The molecule has 0 atom stereocenters. The lowest BCUT2D eigenvalue weighted by atomic mass is 10.1. The molecule has 0 unspecified atom stereocenters. The van der Waals surface area contributed by atoms with Gasteiger partial charge in [-0.25, -0.2) is 4.79 Å². The van der Waals surface area contributed by atoms with Gasteiger partial charge in [-0.1, -0.05) is 43.7 Å². The standard InChI is InChI=1S/C20H23NO4.C2H6/c1-14-4-8-16(9-5-14)18(22)21-13-12-15-6-10-17(11-7-15)25-20(2,3)19(23)24;1-2/h4-11H,12-13H2,1-3H3,(H,21,22)(H,23,24);1-2H3. The van der Waals surface area contributed by atoms with Crippen LogP contribution < -0.4 is 10.1 Å². The molecule has 2 rings (SSSR count). The number of benzene rings is 2. The van der Waals surface area contributed by atoms with Crippen molar-refractivity contribution in [3.8, 4) is 5.75 Å². The number of hydrogen-bond donors (Lipinski definition) is 2. The first-order valence-electron chi connectivity index (χ1n) is 9.14. The Morgan fingerprint density at radius 1 is 1.00 bits per heavy atom. The lowest BCUT2D eigenvalue weighted by Crippen LogP contribution is -2.37. The van der Waals surface area contributed by atoms with Crippen molar-refractivity contribution in [2.24, 2.45) is 0 Å². The van der Waals surface area contributed by atoms with Gasteiger partial charge in [0.15, 0.2) is 5.60 Å². The van der Waals surface area contributed by atoms with Crippen LogP contribution in [0.4, 0.5) is 0 Å². The minimum Gasteiger partial charge on any atom is -0.478 e. The minimum absolute atomic E-state index is 0.0943. The van der Waals surface area contributed by atoms with Crippen LogP contribution in [0.25, 0.3) is 0 Å². The number of aryl methyl sites for hydroxylation is 1. The van der Waals surface area contributed by atoms with Gasteiger partial charge in [0.1, 0.15) is 5.75 Å². The Morgan fingerprint density at radius 3 is 2.07 bits per heavy atom. The molecular formula is C22H29NO4. The molecular weight excluding hydrogens is 342 g/mol. The number of hydrogen-bond acceptors (Lipinski definition) is 3. The summed E-state index contributed by atoms with van der Waals surface area (Å²) in [5.41, 5.74) is 1.52. The van der Waals surface area contributed by atoms with Gasteiger partial charge < -0.3 is 15.2 Å². The smallest absolute Gasteiger partial charge is 0.347 e. The molecule has 0 heterocycles. The second-order valence-corrected chi connectivity index (χ2v) is 6.43.